The van der Waals surface area contributed by atoms with Gasteiger partial charge in [0.15, 0.2) is 0 Å². The molecule has 1 aromatic heterocycles. The lowest BCUT2D eigenvalue weighted by Crippen LogP contribution is -2.42. The topological polar surface area (TPSA) is 47.0 Å². The maximum atomic E-state index is 5.88. The summed E-state index contributed by atoms with van der Waals surface area (Å²) in [6.45, 7) is 6.39. The van der Waals surface area contributed by atoms with Crippen molar-refractivity contribution in [3.63, 3.8) is 0 Å². The van der Waals surface area contributed by atoms with Crippen LogP contribution in [0.5, 0.6) is 5.19 Å². The molecule has 1 saturated heterocycles. The summed E-state index contributed by atoms with van der Waals surface area (Å²) in [5.74, 6) is 1.51. The molecule has 1 aliphatic rings. The lowest BCUT2D eigenvalue weighted by Gasteiger charge is -2.28. The normalized spacial score (nSPS) is 25.6. The van der Waals surface area contributed by atoms with E-state index < -0.39 is 0 Å². The van der Waals surface area contributed by atoms with Crippen LogP contribution in [0.1, 0.15) is 32.5 Å². The standard InChI is InChI=1S/C11H19N3OS/c1-3-4-10-13-11(16-14-10)15-9-7-12-6-5-8(9)2/h8-9,12H,3-7H2,1-2H3. The SMILES string of the molecule is CCCc1nsc(OC2CNCCC2C)n1. The Hall–Kier alpha value is -0.680. The zero-order valence-corrected chi connectivity index (χ0v) is 10.7. The predicted octanol–water partition coefficient (Wildman–Crippen LogP) is 1.87. The minimum atomic E-state index is 0.246. The first-order valence-corrected chi connectivity index (χ1v) is 6.77. The first-order valence-electron chi connectivity index (χ1n) is 5.99. The van der Waals surface area contributed by atoms with Crippen molar-refractivity contribution >= 4 is 11.5 Å². The van der Waals surface area contributed by atoms with Gasteiger partial charge < -0.3 is 10.1 Å². The number of aryl methyl sites for hydroxylation is 1. The highest BCUT2D eigenvalue weighted by atomic mass is 32.1. The van der Waals surface area contributed by atoms with Gasteiger partial charge in [-0.3, -0.25) is 0 Å². The van der Waals surface area contributed by atoms with Gasteiger partial charge in [0.05, 0.1) is 0 Å². The highest BCUT2D eigenvalue weighted by molar-refractivity contribution is 7.07. The summed E-state index contributed by atoms with van der Waals surface area (Å²) in [6.07, 6.45) is 3.44. The molecule has 90 valence electrons. The van der Waals surface area contributed by atoms with E-state index in [0.29, 0.717) is 5.92 Å². The predicted molar refractivity (Wildman–Crippen MR) is 65.0 cm³/mol. The van der Waals surface area contributed by atoms with Crippen LogP contribution in [0.3, 0.4) is 0 Å². The van der Waals surface area contributed by atoms with E-state index in [0.717, 1.165) is 36.9 Å². The summed E-state index contributed by atoms with van der Waals surface area (Å²) >= 11 is 1.37. The Labute approximate surface area is 101 Å². The second-order valence-corrected chi connectivity index (χ2v) is 5.07. The Kier molecular flexibility index (Phi) is 4.12. The third kappa shape index (κ3) is 2.92. The minimum absolute atomic E-state index is 0.246. The van der Waals surface area contributed by atoms with Crippen LogP contribution in [0.4, 0.5) is 0 Å². The zero-order valence-electron chi connectivity index (χ0n) is 9.90. The number of piperidine rings is 1. The fourth-order valence-corrected chi connectivity index (χ4v) is 2.49. The van der Waals surface area contributed by atoms with Crippen molar-refractivity contribution in [2.24, 2.45) is 5.92 Å². The molecule has 1 N–H and O–H groups in total. The van der Waals surface area contributed by atoms with Gasteiger partial charge in [0.25, 0.3) is 5.19 Å². The Balaban J connectivity index is 1.91. The van der Waals surface area contributed by atoms with Gasteiger partial charge >= 0.3 is 0 Å². The summed E-state index contributed by atoms with van der Waals surface area (Å²) in [6, 6.07) is 0. The smallest absolute Gasteiger partial charge is 0.293 e. The van der Waals surface area contributed by atoms with Crippen molar-refractivity contribution in [2.75, 3.05) is 13.1 Å². The van der Waals surface area contributed by atoms with Gasteiger partial charge in [-0.05, 0) is 25.3 Å². The fourth-order valence-electron chi connectivity index (χ4n) is 1.86. The maximum absolute atomic E-state index is 5.88. The molecule has 0 bridgehead atoms. The molecule has 5 heteroatoms. The van der Waals surface area contributed by atoms with Gasteiger partial charge in [0.1, 0.15) is 11.9 Å². The average Bonchev–Trinajstić information content (AvgIpc) is 2.70. The lowest BCUT2D eigenvalue weighted by atomic mass is 9.97. The lowest BCUT2D eigenvalue weighted by molar-refractivity contribution is 0.114. The Morgan fingerprint density at radius 3 is 3.19 bits per heavy atom. The minimum Gasteiger partial charge on any atom is -0.464 e. The average molecular weight is 241 g/mol. The third-order valence-electron chi connectivity index (χ3n) is 2.93. The Morgan fingerprint density at radius 1 is 1.56 bits per heavy atom. The number of rotatable bonds is 4. The van der Waals surface area contributed by atoms with Crippen LogP contribution in [-0.2, 0) is 6.42 Å². The molecule has 0 saturated carbocycles. The van der Waals surface area contributed by atoms with E-state index in [1.165, 1.54) is 18.0 Å². The molecule has 0 spiro atoms. The summed E-state index contributed by atoms with van der Waals surface area (Å²) < 4.78 is 10.2. The van der Waals surface area contributed by atoms with Crippen molar-refractivity contribution < 1.29 is 4.74 Å². The highest BCUT2D eigenvalue weighted by Crippen LogP contribution is 2.21. The molecular weight excluding hydrogens is 222 g/mol. The molecule has 0 aliphatic carbocycles. The molecule has 2 unspecified atom stereocenters. The molecule has 4 nitrogen and oxygen atoms in total. The van der Waals surface area contributed by atoms with Crippen LogP contribution >= 0.6 is 11.5 Å². The Morgan fingerprint density at radius 2 is 2.44 bits per heavy atom. The molecule has 1 aromatic rings. The Bertz CT molecular complexity index is 329. The molecule has 0 radical (unpaired) electrons. The van der Waals surface area contributed by atoms with E-state index in [1.54, 1.807) is 0 Å². The van der Waals surface area contributed by atoms with E-state index in [9.17, 15) is 0 Å². The fraction of sp³-hybridized carbons (Fsp3) is 0.818. The number of ether oxygens (including phenoxy) is 1. The number of aromatic nitrogens is 2. The van der Waals surface area contributed by atoms with E-state index in [1.807, 2.05) is 0 Å². The van der Waals surface area contributed by atoms with Gasteiger partial charge in [-0.25, -0.2) is 0 Å². The quantitative estimate of drug-likeness (QED) is 0.874. The van der Waals surface area contributed by atoms with Gasteiger partial charge in [-0.15, -0.1) is 0 Å². The molecule has 0 aromatic carbocycles. The summed E-state index contributed by atoms with van der Waals surface area (Å²) in [5.41, 5.74) is 0. The zero-order chi connectivity index (χ0) is 11.4. The van der Waals surface area contributed by atoms with Crippen LogP contribution in [0.15, 0.2) is 0 Å². The monoisotopic (exact) mass is 241 g/mol. The molecule has 1 fully saturated rings. The van der Waals surface area contributed by atoms with E-state index >= 15 is 0 Å². The number of nitrogens with one attached hydrogen (secondary N) is 1. The first-order chi connectivity index (χ1) is 7.79. The van der Waals surface area contributed by atoms with Gasteiger partial charge in [0.2, 0.25) is 0 Å². The van der Waals surface area contributed by atoms with Gasteiger partial charge in [-0.1, -0.05) is 13.8 Å². The molecular formula is C11H19N3OS. The van der Waals surface area contributed by atoms with Gasteiger partial charge in [-0.2, -0.15) is 9.36 Å². The van der Waals surface area contributed by atoms with Crippen LogP contribution in [0.2, 0.25) is 0 Å². The number of hydrogen-bond donors (Lipinski definition) is 1. The van der Waals surface area contributed by atoms with Crippen LogP contribution in [0, 0.1) is 5.92 Å². The highest BCUT2D eigenvalue weighted by Gasteiger charge is 2.23. The molecule has 1 aliphatic heterocycles. The maximum Gasteiger partial charge on any atom is 0.293 e. The van der Waals surface area contributed by atoms with Crippen LogP contribution < -0.4 is 10.1 Å². The molecule has 2 heterocycles. The summed E-state index contributed by atoms with van der Waals surface area (Å²) in [4.78, 5) is 4.39. The molecule has 16 heavy (non-hydrogen) atoms. The first kappa shape index (κ1) is 11.8. The van der Waals surface area contributed by atoms with E-state index in [2.05, 4.69) is 28.5 Å². The number of nitrogens with zero attached hydrogens (tertiary/aromatic N) is 2. The van der Waals surface area contributed by atoms with Crippen molar-refractivity contribution in [3.8, 4) is 5.19 Å². The molecule has 2 rings (SSSR count). The second kappa shape index (κ2) is 5.59. The largest absolute Gasteiger partial charge is 0.464 e. The van der Waals surface area contributed by atoms with Crippen LogP contribution in [-0.4, -0.2) is 28.6 Å². The molecule has 2 atom stereocenters. The van der Waals surface area contributed by atoms with Crippen molar-refractivity contribution in [1.29, 1.82) is 0 Å². The third-order valence-corrected chi connectivity index (χ3v) is 3.58. The van der Waals surface area contributed by atoms with Crippen LogP contribution in [0.25, 0.3) is 0 Å². The van der Waals surface area contributed by atoms with Crippen molar-refractivity contribution in [1.82, 2.24) is 14.7 Å². The second-order valence-electron chi connectivity index (χ2n) is 4.35. The summed E-state index contributed by atoms with van der Waals surface area (Å²) in [7, 11) is 0. The van der Waals surface area contributed by atoms with Gasteiger partial charge in [0, 0.05) is 24.5 Å². The molecule has 0 amide bonds. The summed E-state index contributed by atoms with van der Waals surface area (Å²) in [5, 5.41) is 4.07. The van der Waals surface area contributed by atoms with Crippen molar-refractivity contribution in [2.45, 2.75) is 39.2 Å². The van der Waals surface area contributed by atoms with E-state index in [4.69, 9.17) is 4.74 Å². The van der Waals surface area contributed by atoms with E-state index in [-0.39, 0.29) is 6.10 Å². The van der Waals surface area contributed by atoms with Crippen molar-refractivity contribution in [3.05, 3.63) is 5.82 Å². The number of hydrogen-bond acceptors (Lipinski definition) is 5.